The highest BCUT2D eigenvalue weighted by molar-refractivity contribution is 9.10. The second kappa shape index (κ2) is 5.85. The molecule has 1 rings (SSSR count). The molecule has 2 N–H and O–H groups in total. The molecule has 0 aromatic heterocycles. The van der Waals surface area contributed by atoms with Gasteiger partial charge in [0.1, 0.15) is 12.4 Å². The molecule has 0 bridgehead atoms. The van der Waals surface area contributed by atoms with E-state index in [0.717, 1.165) is 15.8 Å². The van der Waals surface area contributed by atoms with Crippen LogP contribution in [-0.4, -0.2) is 31.1 Å². The third-order valence-corrected chi connectivity index (χ3v) is 3.64. The number of nitrogens with zero attached hydrogens (tertiary/aromatic N) is 1. The number of halogens is 1. The van der Waals surface area contributed by atoms with Crippen LogP contribution in [-0.2, 0) is 6.54 Å². The van der Waals surface area contributed by atoms with Gasteiger partial charge in [0.2, 0.25) is 0 Å². The molecule has 0 saturated heterocycles. The Morgan fingerprint density at radius 2 is 2.00 bits per heavy atom. The van der Waals surface area contributed by atoms with E-state index in [1.807, 2.05) is 18.2 Å². The smallest absolute Gasteiger partial charge is 0.133 e. The van der Waals surface area contributed by atoms with Crippen LogP contribution in [0.25, 0.3) is 0 Å². The molecule has 1 aromatic carbocycles. The monoisotopic (exact) mass is 300 g/mol. The zero-order valence-electron chi connectivity index (χ0n) is 11.0. The summed E-state index contributed by atoms with van der Waals surface area (Å²) in [6, 6.07) is 5.94. The fourth-order valence-corrected chi connectivity index (χ4v) is 1.71. The molecule has 1 aromatic rings. The van der Waals surface area contributed by atoms with E-state index in [4.69, 9.17) is 10.5 Å². The molecule has 3 nitrogen and oxygen atoms in total. The van der Waals surface area contributed by atoms with Crippen LogP contribution in [0.5, 0.6) is 5.75 Å². The topological polar surface area (TPSA) is 38.5 Å². The van der Waals surface area contributed by atoms with E-state index in [-0.39, 0.29) is 5.54 Å². The second-order valence-electron chi connectivity index (χ2n) is 4.96. The van der Waals surface area contributed by atoms with E-state index in [1.165, 1.54) is 0 Å². The Hall–Kier alpha value is -0.580. The summed E-state index contributed by atoms with van der Waals surface area (Å²) >= 11 is 3.50. The number of nitrogens with two attached hydrogens (primary N) is 1. The fourth-order valence-electron chi connectivity index (χ4n) is 1.17. The van der Waals surface area contributed by atoms with Crippen LogP contribution >= 0.6 is 15.9 Å². The Morgan fingerprint density at radius 3 is 2.47 bits per heavy atom. The lowest BCUT2D eigenvalue weighted by Gasteiger charge is -2.32. The van der Waals surface area contributed by atoms with E-state index in [1.54, 1.807) is 0 Å². The van der Waals surface area contributed by atoms with Gasteiger partial charge >= 0.3 is 0 Å². The predicted octanol–water partition coefficient (Wildman–Crippen LogP) is 2.63. The molecule has 17 heavy (non-hydrogen) atoms. The number of rotatable bonds is 5. The highest BCUT2D eigenvalue weighted by atomic mass is 79.9. The summed E-state index contributed by atoms with van der Waals surface area (Å²) in [7, 11) is 4.10. The molecule has 0 saturated carbocycles. The van der Waals surface area contributed by atoms with Crippen molar-refractivity contribution in [3.05, 3.63) is 28.2 Å². The number of benzene rings is 1. The molecule has 0 aliphatic carbocycles. The molecule has 0 amide bonds. The zero-order chi connectivity index (χ0) is 13.1. The number of likely N-dealkylation sites (N-methyl/N-ethyl adjacent to an activating group) is 1. The number of ether oxygens (including phenoxy) is 1. The van der Waals surface area contributed by atoms with Crippen LogP contribution in [0.2, 0.25) is 0 Å². The molecule has 0 aliphatic rings. The summed E-state index contributed by atoms with van der Waals surface area (Å²) < 4.78 is 6.79. The lowest BCUT2D eigenvalue weighted by molar-refractivity contribution is 0.113. The van der Waals surface area contributed by atoms with Crippen LogP contribution in [0.4, 0.5) is 0 Å². The van der Waals surface area contributed by atoms with Crippen LogP contribution in [0.1, 0.15) is 19.4 Å². The minimum atomic E-state index is 0.00593. The third-order valence-electron chi connectivity index (χ3n) is 3.02. The Bertz CT molecular complexity index is 378. The first kappa shape index (κ1) is 14.5. The van der Waals surface area contributed by atoms with Gasteiger partial charge in [0, 0.05) is 12.1 Å². The van der Waals surface area contributed by atoms with Crippen LogP contribution < -0.4 is 10.5 Å². The van der Waals surface area contributed by atoms with Crippen molar-refractivity contribution in [3.63, 3.8) is 0 Å². The van der Waals surface area contributed by atoms with Gasteiger partial charge in [0.25, 0.3) is 0 Å². The maximum atomic E-state index is 5.83. The Balaban J connectivity index is 2.70. The maximum absolute atomic E-state index is 5.83. The van der Waals surface area contributed by atoms with Gasteiger partial charge in [-0.3, -0.25) is 0 Å². The molecule has 0 fully saturated rings. The zero-order valence-corrected chi connectivity index (χ0v) is 12.5. The van der Waals surface area contributed by atoms with Gasteiger partial charge in [0.15, 0.2) is 0 Å². The van der Waals surface area contributed by atoms with Crippen molar-refractivity contribution in [1.82, 2.24) is 4.90 Å². The molecular formula is C13H21BrN2O. The number of hydrogen-bond acceptors (Lipinski definition) is 3. The minimum Gasteiger partial charge on any atom is -0.491 e. The molecule has 96 valence electrons. The van der Waals surface area contributed by atoms with E-state index < -0.39 is 0 Å². The standard InChI is InChI=1S/C13H21BrN2O/c1-13(2,16(3)4)9-17-12-6-5-10(8-15)7-11(12)14/h5-7H,8-9,15H2,1-4H3. The predicted molar refractivity (Wildman–Crippen MR) is 75.3 cm³/mol. The fraction of sp³-hybridized carbons (Fsp3) is 0.538. The van der Waals surface area contributed by atoms with Gasteiger partial charge in [-0.15, -0.1) is 0 Å². The van der Waals surface area contributed by atoms with Crippen LogP contribution in [0.3, 0.4) is 0 Å². The normalized spacial score (nSPS) is 11.9. The first-order valence-electron chi connectivity index (χ1n) is 5.65. The quantitative estimate of drug-likeness (QED) is 0.908. The van der Waals surface area contributed by atoms with Crippen molar-refractivity contribution < 1.29 is 4.74 Å². The van der Waals surface area contributed by atoms with Crippen molar-refractivity contribution in [1.29, 1.82) is 0 Å². The summed E-state index contributed by atoms with van der Waals surface area (Å²) in [5, 5.41) is 0. The van der Waals surface area contributed by atoms with Gasteiger partial charge in [0.05, 0.1) is 4.47 Å². The summed E-state index contributed by atoms with van der Waals surface area (Å²) in [6.07, 6.45) is 0. The average molecular weight is 301 g/mol. The summed E-state index contributed by atoms with van der Waals surface area (Å²) in [6.45, 7) is 5.48. The van der Waals surface area contributed by atoms with E-state index >= 15 is 0 Å². The molecule has 0 radical (unpaired) electrons. The molecule has 0 unspecified atom stereocenters. The van der Waals surface area contributed by atoms with Crippen LogP contribution in [0, 0.1) is 0 Å². The lowest BCUT2D eigenvalue weighted by atomic mass is 10.1. The molecule has 0 atom stereocenters. The van der Waals surface area contributed by atoms with Gasteiger partial charge < -0.3 is 15.4 Å². The molecule has 0 spiro atoms. The Kier molecular flexibility index (Phi) is 4.98. The summed E-state index contributed by atoms with van der Waals surface area (Å²) in [4.78, 5) is 2.15. The van der Waals surface area contributed by atoms with Crippen molar-refractivity contribution in [2.75, 3.05) is 20.7 Å². The van der Waals surface area contributed by atoms with Crippen LogP contribution in [0.15, 0.2) is 22.7 Å². The van der Waals surface area contributed by atoms with Crippen molar-refractivity contribution in [2.24, 2.45) is 5.73 Å². The first-order valence-corrected chi connectivity index (χ1v) is 6.45. The summed E-state index contributed by atoms with van der Waals surface area (Å²) in [5.41, 5.74) is 6.68. The molecular weight excluding hydrogens is 280 g/mol. The minimum absolute atomic E-state index is 0.00593. The lowest BCUT2D eigenvalue weighted by Crippen LogP contribution is -2.43. The van der Waals surface area contributed by atoms with Gasteiger partial charge in [-0.25, -0.2) is 0 Å². The SMILES string of the molecule is CN(C)C(C)(C)COc1ccc(CN)cc1Br. The van der Waals surface area contributed by atoms with Gasteiger partial charge in [-0.2, -0.15) is 0 Å². The number of hydrogen-bond donors (Lipinski definition) is 1. The van der Waals surface area contributed by atoms with E-state index in [9.17, 15) is 0 Å². The van der Waals surface area contributed by atoms with Gasteiger partial charge in [-0.05, 0) is 61.6 Å². The third kappa shape index (κ3) is 3.98. The van der Waals surface area contributed by atoms with Crippen molar-refractivity contribution >= 4 is 15.9 Å². The average Bonchev–Trinajstić information content (AvgIpc) is 2.27. The summed E-state index contributed by atoms with van der Waals surface area (Å²) in [5.74, 6) is 0.858. The largest absolute Gasteiger partial charge is 0.491 e. The van der Waals surface area contributed by atoms with E-state index in [0.29, 0.717) is 13.2 Å². The molecule has 0 aliphatic heterocycles. The first-order chi connectivity index (χ1) is 7.86. The highest BCUT2D eigenvalue weighted by Crippen LogP contribution is 2.27. The van der Waals surface area contributed by atoms with Gasteiger partial charge in [-0.1, -0.05) is 6.07 Å². The second-order valence-corrected chi connectivity index (χ2v) is 5.82. The molecule has 4 heteroatoms. The maximum Gasteiger partial charge on any atom is 0.133 e. The van der Waals surface area contributed by atoms with Crippen molar-refractivity contribution in [3.8, 4) is 5.75 Å². The highest BCUT2D eigenvalue weighted by Gasteiger charge is 2.21. The van der Waals surface area contributed by atoms with Crippen molar-refractivity contribution in [2.45, 2.75) is 25.9 Å². The molecule has 0 heterocycles. The Morgan fingerprint density at radius 1 is 1.35 bits per heavy atom. The van der Waals surface area contributed by atoms with E-state index in [2.05, 4.69) is 48.8 Å². The Labute approximate surface area is 112 Å².